The lowest BCUT2D eigenvalue weighted by molar-refractivity contribution is -0.126. The van der Waals surface area contributed by atoms with Crippen molar-refractivity contribution in [2.75, 3.05) is 19.6 Å². The Morgan fingerprint density at radius 2 is 1.92 bits per heavy atom. The van der Waals surface area contributed by atoms with Gasteiger partial charge < -0.3 is 20.6 Å². The molecule has 1 aliphatic rings. The predicted octanol–water partition coefficient (Wildman–Crippen LogP) is 1.83. The van der Waals surface area contributed by atoms with Crippen molar-refractivity contribution in [1.82, 2.24) is 15.5 Å². The number of carbonyl (C=O) groups is 3. The largest absolute Gasteiger partial charge is 0.478 e. The zero-order valence-corrected chi connectivity index (χ0v) is 14.5. The van der Waals surface area contributed by atoms with Crippen molar-refractivity contribution in [2.45, 2.75) is 32.7 Å². The Hall–Kier alpha value is -2.57. The standard InChI is InChI=1S/C18H25N3O4/c1-2-9-19-16(22)15-4-3-10-21(12-15)18(25)20-11-13-5-7-14(8-6-13)17(23)24/h5-8,15H,2-4,9-12H2,1H3,(H,19,22)(H,20,25)(H,23,24). The second-order valence-corrected chi connectivity index (χ2v) is 6.24. The molecule has 0 radical (unpaired) electrons. The van der Waals surface area contributed by atoms with Crippen LogP contribution in [0.4, 0.5) is 4.79 Å². The van der Waals surface area contributed by atoms with Gasteiger partial charge in [-0.3, -0.25) is 4.79 Å². The Kier molecular flexibility index (Phi) is 6.80. The van der Waals surface area contributed by atoms with Gasteiger partial charge in [0, 0.05) is 26.2 Å². The van der Waals surface area contributed by atoms with E-state index in [0.717, 1.165) is 24.8 Å². The fraction of sp³-hybridized carbons (Fsp3) is 0.500. The van der Waals surface area contributed by atoms with Crippen LogP contribution in [-0.4, -0.2) is 47.5 Å². The number of urea groups is 1. The van der Waals surface area contributed by atoms with Gasteiger partial charge in [-0.25, -0.2) is 9.59 Å². The number of amides is 3. The van der Waals surface area contributed by atoms with Gasteiger partial charge in [-0.2, -0.15) is 0 Å². The molecule has 1 saturated heterocycles. The summed E-state index contributed by atoms with van der Waals surface area (Å²) in [5, 5.41) is 14.6. The normalized spacial score (nSPS) is 17.0. The van der Waals surface area contributed by atoms with Gasteiger partial charge in [-0.15, -0.1) is 0 Å². The molecular formula is C18H25N3O4. The average Bonchev–Trinajstić information content (AvgIpc) is 2.64. The number of benzene rings is 1. The molecule has 1 aromatic carbocycles. The summed E-state index contributed by atoms with van der Waals surface area (Å²) in [4.78, 5) is 36.9. The molecule has 25 heavy (non-hydrogen) atoms. The van der Waals surface area contributed by atoms with Crippen LogP contribution in [0.1, 0.15) is 42.1 Å². The van der Waals surface area contributed by atoms with Crippen LogP contribution in [0.25, 0.3) is 0 Å². The number of carbonyl (C=O) groups excluding carboxylic acids is 2. The molecule has 1 unspecified atom stereocenters. The number of carboxylic acids is 1. The fourth-order valence-electron chi connectivity index (χ4n) is 2.82. The van der Waals surface area contributed by atoms with Crippen LogP contribution in [-0.2, 0) is 11.3 Å². The molecule has 2 rings (SSSR count). The summed E-state index contributed by atoms with van der Waals surface area (Å²) in [6, 6.07) is 6.19. The Labute approximate surface area is 147 Å². The van der Waals surface area contributed by atoms with E-state index < -0.39 is 5.97 Å². The summed E-state index contributed by atoms with van der Waals surface area (Å²) >= 11 is 0. The summed E-state index contributed by atoms with van der Waals surface area (Å²) in [5.41, 5.74) is 1.04. The molecule has 0 saturated carbocycles. The van der Waals surface area contributed by atoms with E-state index >= 15 is 0 Å². The Balaban J connectivity index is 1.83. The van der Waals surface area contributed by atoms with Crippen LogP contribution >= 0.6 is 0 Å². The van der Waals surface area contributed by atoms with Crippen molar-refractivity contribution in [3.8, 4) is 0 Å². The molecule has 7 nitrogen and oxygen atoms in total. The fourth-order valence-corrected chi connectivity index (χ4v) is 2.82. The molecule has 0 bridgehead atoms. The second kappa shape index (κ2) is 9.05. The first kappa shape index (κ1) is 18.8. The first-order valence-electron chi connectivity index (χ1n) is 8.64. The van der Waals surface area contributed by atoms with Crippen LogP contribution in [0, 0.1) is 5.92 Å². The summed E-state index contributed by atoms with van der Waals surface area (Å²) < 4.78 is 0. The monoisotopic (exact) mass is 347 g/mol. The maximum absolute atomic E-state index is 12.3. The SMILES string of the molecule is CCCNC(=O)C1CCCN(C(=O)NCc2ccc(C(=O)O)cc2)C1. The van der Waals surface area contributed by atoms with Gasteiger partial charge >= 0.3 is 12.0 Å². The molecule has 1 aromatic rings. The van der Waals surface area contributed by atoms with Gasteiger partial charge in [0.05, 0.1) is 11.5 Å². The van der Waals surface area contributed by atoms with Crippen molar-refractivity contribution >= 4 is 17.9 Å². The zero-order chi connectivity index (χ0) is 18.2. The lowest BCUT2D eigenvalue weighted by atomic mass is 9.97. The van der Waals surface area contributed by atoms with Crippen LogP contribution in [0.2, 0.25) is 0 Å². The summed E-state index contributed by atoms with van der Waals surface area (Å²) in [7, 11) is 0. The molecule has 1 atom stereocenters. The van der Waals surface area contributed by atoms with Crippen molar-refractivity contribution < 1.29 is 19.5 Å². The van der Waals surface area contributed by atoms with E-state index in [9.17, 15) is 14.4 Å². The summed E-state index contributed by atoms with van der Waals surface area (Å²) in [6.45, 7) is 4.06. The van der Waals surface area contributed by atoms with Gasteiger partial charge in [0.25, 0.3) is 0 Å². The smallest absolute Gasteiger partial charge is 0.335 e. The predicted molar refractivity (Wildman–Crippen MR) is 93.2 cm³/mol. The molecule has 1 fully saturated rings. The van der Waals surface area contributed by atoms with Crippen LogP contribution in [0.3, 0.4) is 0 Å². The van der Waals surface area contributed by atoms with Gasteiger partial charge in [0.2, 0.25) is 5.91 Å². The molecule has 7 heteroatoms. The van der Waals surface area contributed by atoms with E-state index in [2.05, 4.69) is 10.6 Å². The van der Waals surface area contributed by atoms with E-state index in [-0.39, 0.29) is 23.4 Å². The van der Waals surface area contributed by atoms with Crippen LogP contribution in [0.5, 0.6) is 0 Å². The van der Waals surface area contributed by atoms with Crippen molar-refractivity contribution in [3.05, 3.63) is 35.4 Å². The maximum atomic E-state index is 12.3. The highest BCUT2D eigenvalue weighted by molar-refractivity contribution is 5.87. The van der Waals surface area contributed by atoms with E-state index in [1.54, 1.807) is 17.0 Å². The summed E-state index contributed by atoms with van der Waals surface area (Å²) in [5.74, 6) is -1.11. The molecule has 3 N–H and O–H groups in total. The van der Waals surface area contributed by atoms with Crippen molar-refractivity contribution in [1.29, 1.82) is 0 Å². The summed E-state index contributed by atoms with van der Waals surface area (Å²) in [6.07, 6.45) is 2.50. The lowest BCUT2D eigenvalue weighted by Crippen LogP contribution is -2.48. The quantitative estimate of drug-likeness (QED) is 0.731. The van der Waals surface area contributed by atoms with Gasteiger partial charge in [0.15, 0.2) is 0 Å². The molecule has 1 aliphatic heterocycles. The minimum Gasteiger partial charge on any atom is -0.478 e. The van der Waals surface area contributed by atoms with Gasteiger partial charge in [-0.1, -0.05) is 19.1 Å². The van der Waals surface area contributed by atoms with E-state index in [1.807, 2.05) is 6.92 Å². The minimum atomic E-state index is -0.976. The Morgan fingerprint density at radius 1 is 1.20 bits per heavy atom. The highest BCUT2D eigenvalue weighted by Gasteiger charge is 2.28. The number of likely N-dealkylation sites (tertiary alicyclic amines) is 1. The number of nitrogens with zero attached hydrogens (tertiary/aromatic N) is 1. The van der Waals surface area contributed by atoms with Gasteiger partial charge in [0.1, 0.15) is 0 Å². The zero-order valence-electron chi connectivity index (χ0n) is 14.5. The lowest BCUT2D eigenvalue weighted by Gasteiger charge is -2.32. The van der Waals surface area contributed by atoms with Crippen molar-refractivity contribution in [2.24, 2.45) is 5.92 Å². The van der Waals surface area contributed by atoms with Crippen LogP contribution < -0.4 is 10.6 Å². The minimum absolute atomic E-state index is 0.0172. The first-order chi connectivity index (χ1) is 12.0. The average molecular weight is 347 g/mol. The highest BCUT2D eigenvalue weighted by atomic mass is 16.4. The highest BCUT2D eigenvalue weighted by Crippen LogP contribution is 2.17. The second-order valence-electron chi connectivity index (χ2n) is 6.24. The third-order valence-corrected chi connectivity index (χ3v) is 4.27. The van der Waals surface area contributed by atoms with Crippen molar-refractivity contribution in [3.63, 3.8) is 0 Å². The first-order valence-corrected chi connectivity index (χ1v) is 8.64. The third-order valence-electron chi connectivity index (χ3n) is 4.27. The molecule has 0 aliphatic carbocycles. The molecule has 0 spiro atoms. The molecular weight excluding hydrogens is 322 g/mol. The Bertz CT molecular complexity index is 615. The van der Waals surface area contributed by atoms with E-state index in [4.69, 9.17) is 5.11 Å². The third kappa shape index (κ3) is 5.48. The molecule has 136 valence electrons. The van der Waals surface area contributed by atoms with E-state index in [1.165, 1.54) is 12.1 Å². The Morgan fingerprint density at radius 3 is 2.56 bits per heavy atom. The number of hydrogen-bond donors (Lipinski definition) is 3. The number of rotatable bonds is 6. The number of carboxylic acid groups (broad SMARTS) is 1. The topological polar surface area (TPSA) is 98.7 Å². The molecule has 1 heterocycles. The van der Waals surface area contributed by atoms with E-state index in [0.29, 0.717) is 26.2 Å². The number of piperidine rings is 1. The number of hydrogen-bond acceptors (Lipinski definition) is 3. The molecule has 3 amide bonds. The molecule has 0 aromatic heterocycles. The van der Waals surface area contributed by atoms with Crippen LogP contribution in [0.15, 0.2) is 24.3 Å². The number of nitrogens with one attached hydrogen (secondary N) is 2. The van der Waals surface area contributed by atoms with Gasteiger partial charge in [-0.05, 0) is 37.0 Å². The number of aromatic carboxylic acids is 1. The maximum Gasteiger partial charge on any atom is 0.335 e.